The van der Waals surface area contributed by atoms with E-state index in [0.717, 1.165) is 29.7 Å². The fourth-order valence-electron chi connectivity index (χ4n) is 3.01. The quantitative estimate of drug-likeness (QED) is 0.909. The van der Waals surface area contributed by atoms with E-state index in [-0.39, 0.29) is 23.5 Å². The number of fused-ring (bicyclic) bond motifs is 1. The van der Waals surface area contributed by atoms with E-state index in [1.165, 1.54) is 0 Å². The molecule has 1 aromatic carbocycles. The maximum Gasteiger partial charge on any atom is 0.251 e. The lowest BCUT2D eigenvalue weighted by Crippen LogP contribution is -2.35. The molecular formula is C17H21N3O3S. The summed E-state index contributed by atoms with van der Waals surface area (Å²) >= 11 is 0. The van der Waals surface area contributed by atoms with Gasteiger partial charge in [-0.1, -0.05) is 13.8 Å². The predicted octanol–water partition coefficient (Wildman–Crippen LogP) is 1.67. The minimum atomic E-state index is -3.01. The number of nitrogens with zero attached hydrogens (tertiary/aromatic N) is 2. The van der Waals surface area contributed by atoms with E-state index in [4.69, 9.17) is 0 Å². The maximum absolute atomic E-state index is 12.4. The third-order valence-electron chi connectivity index (χ3n) is 4.32. The summed E-state index contributed by atoms with van der Waals surface area (Å²) in [6, 6.07) is 4.92. The fraction of sp³-hybridized carbons (Fsp3) is 0.471. The normalized spacial score (nSPS) is 19.5. The van der Waals surface area contributed by atoms with Crippen LogP contribution in [0.1, 0.15) is 42.0 Å². The Morgan fingerprint density at radius 2 is 1.83 bits per heavy atom. The summed E-state index contributed by atoms with van der Waals surface area (Å²) < 4.78 is 23.0. The van der Waals surface area contributed by atoms with Gasteiger partial charge in [0.2, 0.25) is 0 Å². The number of rotatable bonds is 4. The van der Waals surface area contributed by atoms with Gasteiger partial charge in [0.1, 0.15) is 0 Å². The van der Waals surface area contributed by atoms with Crippen LogP contribution in [0.15, 0.2) is 18.2 Å². The number of carbonyl (C=O) groups excluding carboxylic acids is 1. The van der Waals surface area contributed by atoms with Crippen LogP contribution < -0.4 is 5.32 Å². The van der Waals surface area contributed by atoms with Crippen molar-refractivity contribution >= 4 is 26.8 Å². The number of hydrogen-bond acceptors (Lipinski definition) is 5. The van der Waals surface area contributed by atoms with Gasteiger partial charge >= 0.3 is 0 Å². The first-order valence-electron chi connectivity index (χ1n) is 8.22. The van der Waals surface area contributed by atoms with E-state index in [1.807, 2.05) is 13.8 Å². The van der Waals surface area contributed by atoms with Crippen LogP contribution in [0.25, 0.3) is 11.0 Å². The Kier molecular flexibility index (Phi) is 4.54. The number of aryl methyl sites for hydroxylation is 2. The summed E-state index contributed by atoms with van der Waals surface area (Å²) in [7, 11) is -3.01. The molecule has 2 heterocycles. The lowest BCUT2D eigenvalue weighted by molar-refractivity contribution is 0.0941. The SMILES string of the molecule is CCc1nc2ccc(C(=O)N[C@H]3CCS(=O)(=O)C3)cc2nc1CC. The van der Waals surface area contributed by atoms with Crippen molar-refractivity contribution in [2.75, 3.05) is 11.5 Å². The molecule has 0 bridgehead atoms. The van der Waals surface area contributed by atoms with Crippen molar-refractivity contribution in [1.82, 2.24) is 15.3 Å². The molecule has 1 fully saturated rings. The van der Waals surface area contributed by atoms with Gasteiger partial charge in [0, 0.05) is 11.6 Å². The Balaban J connectivity index is 1.86. The lowest BCUT2D eigenvalue weighted by atomic mass is 10.1. The summed E-state index contributed by atoms with van der Waals surface area (Å²) in [5.74, 6) is -0.106. The van der Waals surface area contributed by atoms with Crippen molar-refractivity contribution in [2.24, 2.45) is 0 Å². The molecule has 1 saturated heterocycles. The van der Waals surface area contributed by atoms with Gasteiger partial charge in [-0.25, -0.2) is 18.4 Å². The molecule has 1 N–H and O–H groups in total. The second-order valence-electron chi connectivity index (χ2n) is 6.10. The molecular weight excluding hydrogens is 326 g/mol. The van der Waals surface area contributed by atoms with Crippen LogP contribution in [0, 0.1) is 0 Å². The average molecular weight is 347 g/mol. The first-order valence-corrected chi connectivity index (χ1v) is 10.0. The first-order chi connectivity index (χ1) is 11.4. The summed E-state index contributed by atoms with van der Waals surface area (Å²) in [6.45, 7) is 4.08. The standard InChI is InChI=1S/C17H21N3O3S/c1-3-13-14(4-2)20-16-9-11(5-6-15(16)19-13)17(21)18-12-7-8-24(22,23)10-12/h5-6,9,12H,3-4,7-8,10H2,1-2H3,(H,18,21)/t12-/m0/s1. The zero-order chi connectivity index (χ0) is 17.3. The van der Waals surface area contributed by atoms with Crippen LogP contribution >= 0.6 is 0 Å². The monoisotopic (exact) mass is 347 g/mol. The number of aromatic nitrogens is 2. The average Bonchev–Trinajstić information content (AvgIpc) is 2.91. The minimum absolute atomic E-state index is 0.0198. The second kappa shape index (κ2) is 6.47. The van der Waals surface area contributed by atoms with Gasteiger partial charge in [-0.05, 0) is 37.5 Å². The highest BCUT2D eigenvalue weighted by Gasteiger charge is 2.29. The number of benzene rings is 1. The van der Waals surface area contributed by atoms with Crippen LogP contribution in [0.2, 0.25) is 0 Å². The summed E-state index contributed by atoms with van der Waals surface area (Å²) in [4.78, 5) is 21.6. The smallest absolute Gasteiger partial charge is 0.251 e. The number of carbonyl (C=O) groups is 1. The van der Waals surface area contributed by atoms with Crippen molar-refractivity contribution in [3.63, 3.8) is 0 Å². The minimum Gasteiger partial charge on any atom is -0.348 e. The predicted molar refractivity (Wildman–Crippen MR) is 92.8 cm³/mol. The highest BCUT2D eigenvalue weighted by Crippen LogP contribution is 2.17. The summed E-state index contributed by atoms with van der Waals surface area (Å²) in [5, 5.41) is 2.80. The molecule has 0 aliphatic carbocycles. The number of sulfone groups is 1. The third-order valence-corrected chi connectivity index (χ3v) is 6.09. The van der Waals surface area contributed by atoms with Crippen molar-refractivity contribution in [1.29, 1.82) is 0 Å². The van der Waals surface area contributed by atoms with E-state index in [9.17, 15) is 13.2 Å². The molecule has 24 heavy (non-hydrogen) atoms. The van der Waals surface area contributed by atoms with Gasteiger partial charge in [-0.15, -0.1) is 0 Å². The molecule has 0 unspecified atom stereocenters. The van der Waals surface area contributed by atoms with E-state index in [2.05, 4.69) is 15.3 Å². The van der Waals surface area contributed by atoms with Crippen LogP contribution in [0.4, 0.5) is 0 Å². The van der Waals surface area contributed by atoms with E-state index < -0.39 is 9.84 Å². The highest BCUT2D eigenvalue weighted by atomic mass is 32.2. The number of hydrogen-bond donors (Lipinski definition) is 1. The van der Waals surface area contributed by atoms with Gasteiger partial charge in [0.15, 0.2) is 9.84 Å². The highest BCUT2D eigenvalue weighted by molar-refractivity contribution is 7.91. The molecule has 128 valence electrons. The first kappa shape index (κ1) is 16.8. The zero-order valence-corrected chi connectivity index (χ0v) is 14.7. The molecule has 1 atom stereocenters. The molecule has 6 nitrogen and oxygen atoms in total. The summed E-state index contributed by atoms with van der Waals surface area (Å²) in [6.07, 6.45) is 2.09. The van der Waals surface area contributed by atoms with E-state index >= 15 is 0 Å². The van der Waals surface area contributed by atoms with Crippen molar-refractivity contribution in [2.45, 2.75) is 39.2 Å². The van der Waals surface area contributed by atoms with Gasteiger partial charge in [0.25, 0.3) is 5.91 Å². The van der Waals surface area contributed by atoms with Gasteiger partial charge in [-0.3, -0.25) is 4.79 Å². The maximum atomic E-state index is 12.4. The Hall–Kier alpha value is -2.02. The second-order valence-corrected chi connectivity index (χ2v) is 8.33. The molecule has 0 spiro atoms. The molecule has 7 heteroatoms. The van der Waals surface area contributed by atoms with Crippen LogP contribution in [-0.2, 0) is 22.7 Å². The molecule has 1 amide bonds. The molecule has 2 aromatic rings. The fourth-order valence-corrected chi connectivity index (χ4v) is 4.69. The Morgan fingerprint density at radius 1 is 1.17 bits per heavy atom. The third kappa shape index (κ3) is 3.40. The molecule has 0 radical (unpaired) electrons. The zero-order valence-electron chi connectivity index (χ0n) is 13.9. The largest absolute Gasteiger partial charge is 0.348 e. The molecule has 1 aromatic heterocycles. The van der Waals surface area contributed by atoms with Gasteiger partial charge in [0.05, 0.1) is 33.9 Å². The van der Waals surface area contributed by atoms with Crippen LogP contribution in [-0.4, -0.2) is 41.8 Å². The Morgan fingerprint density at radius 3 is 2.42 bits per heavy atom. The van der Waals surface area contributed by atoms with Crippen molar-refractivity contribution in [3.8, 4) is 0 Å². The number of amides is 1. The van der Waals surface area contributed by atoms with Crippen molar-refractivity contribution in [3.05, 3.63) is 35.2 Å². The molecule has 0 saturated carbocycles. The van der Waals surface area contributed by atoms with Gasteiger partial charge in [-0.2, -0.15) is 0 Å². The van der Waals surface area contributed by atoms with Crippen LogP contribution in [0.5, 0.6) is 0 Å². The topological polar surface area (TPSA) is 89.0 Å². The van der Waals surface area contributed by atoms with E-state index in [0.29, 0.717) is 17.5 Å². The molecule has 1 aliphatic heterocycles. The van der Waals surface area contributed by atoms with Crippen molar-refractivity contribution < 1.29 is 13.2 Å². The van der Waals surface area contributed by atoms with E-state index in [1.54, 1.807) is 18.2 Å². The Bertz CT molecular complexity index is 893. The Labute approximate surface area is 141 Å². The lowest BCUT2D eigenvalue weighted by Gasteiger charge is -2.12. The molecule has 1 aliphatic rings. The number of nitrogens with one attached hydrogen (secondary N) is 1. The van der Waals surface area contributed by atoms with Gasteiger partial charge < -0.3 is 5.32 Å². The molecule has 3 rings (SSSR count). The summed E-state index contributed by atoms with van der Waals surface area (Å²) in [5.41, 5.74) is 3.87. The van der Waals surface area contributed by atoms with Crippen LogP contribution in [0.3, 0.4) is 0 Å².